The van der Waals surface area contributed by atoms with E-state index in [2.05, 4.69) is 57.7 Å². The Morgan fingerprint density at radius 1 is 1.22 bits per heavy atom. The summed E-state index contributed by atoms with van der Waals surface area (Å²) < 4.78 is 11.4. The molecule has 0 spiro atoms. The minimum Gasteiger partial charge on any atom is -0.444 e. The minimum atomic E-state index is -0.500. The Hall–Kier alpha value is -1.59. The predicted octanol–water partition coefficient (Wildman–Crippen LogP) is 2.68. The van der Waals surface area contributed by atoms with E-state index in [1.54, 1.807) is 0 Å². The number of aliphatic imine (C=N–C) groups is 1. The van der Waals surface area contributed by atoms with Crippen LogP contribution in [0.4, 0.5) is 4.79 Å². The van der Waals surface area contributed by atoms with Crippen LogP contribution in [-0.2, 0) is 16.0 Å². The van der Waals surface area contributed by atoms with Gasteiger partial charge < -0.3 is 25.0 Å². The van der Waals surface area contributed by atoms with Gasteiger partial charge in [-0.3, -0.25) is 9.89 Å². The number of nitrogens with one attached hydrogen (secondary N) is 2. The van der Waals surface area contributed by atoms with Crippen LogP contribution in [0.3, 0.4) is 0 Å². The summed E-state index contributed by atoms with van der Waals surface area (Å²) in [5.74, 6) is 0.867. The fourth-order valence-electron chi connectivity index (χ4n) is 4.01. The number of guanidine groups is 1. The quantitative estimate of drug-likeness (QED) is 0.242. The number of carbonyl (C=O) groups is 1. The number of rotatable bonds is 6. The van der Waals surface area contributed by atoms with Crippen molar-refractivity contribution >= 4 is 36.0 Å². The summed E-state index contributed by atoms with van der Waals surface area (Å²) in [6.07, 6.45) is -0.231. The normalized spacial score (nSPS) is 21.5. The van der Waals surface area contributed by atoms with Crippen LogP contribution in [0.15, 0.2) is 35.3 Å². The summed E-state index contributed by atoms with van der Waals surface area (Å²) in [4.78, 5) is 21.3. The van der Waals surface area contributed by atoms with Crippen molar-refractivity contribution in [2.45, 2.75) is 52.0 Å². The molecule has 2 aliphatic heterocycles. The Labute approximate surface area is 209 Å². The maximum Gasteiger partial charge on any atom is 0.407 e. The van der Waals surface area contributed by atoms with Crippen LogP contribution in [-0.4, -0.2) is 85.5 Å². The highest BCUT2D eigenvalue weighted by atomic mass is 127. The second-order valence-corrected chi connectivity index (χ2v) is 9.00. The van der Waals surface area contributed by atoms with E-state index in [1.807, 2.05) is 20.8 Å². The van der Waals surface area contributed by atoms with Gasteiger partial charge >= 0.3 is 6.09 Å². The van der Waals surface area contributed by atoms with E-state index in [0.29, 0.717) is 19.1 Å². The SMILES string of the molecule is CCNC(=NCCNC(=O)OC(C)(C)C)N1CC2OCCN(Cc3ccccc3)C2C1.I. The Morgan fingerprint density at radius 2 is 1.97 bits per heavy atom. The average Bonchev–Trinajstić information content (AvgIpc) is 3.15. The zero-order chi connectivity index (χ0) is 22.3. The third-order valence-corrected chi connectivity index (χ3v) is 5.32. The lowest BCUT2D eigenvalue weighted by Crippen LogP contribution is -2.50. The van der Waals surface area contributed by atoms with Gasteiger partial charge in [-0.05, 0) is 33.3 Å². The number of halogens is 1. The summed E-state index contributed by atoms with van der Waals surface area (Å²) in [6, 6.07) is 10.9. The number of ether oxygens (including phenoxy) is 2. The molecule has 2 atom stereocenters. The predicted molar refractivity (Wildman–Crippen MR) is 138 cm³/mol. The van der Waals surface area contributed by atoms with E-state index in [9.17, 15) is 4.79 Å². The Kier molecular flexibility index (Phi) is 10.5. The lowest BCUT2D eigenvalue weighted by molar-refractivity contribution is -0.0502. The molecular formula is C23H38IN5O3. The van der Waals surface area contributed by atoms with Crippen molar-refractivity contribution in [2.24, 2.45) is 4.99 Å². The van der Waals surface area contributed by atoms with Gasteiger partial charge in [0.15, 0.2) is 5.96 Å². The summed E-state index contributed by atoms with van der Waals surface area (Å²) in [5.41, 5.74) is 0.829. The Morgan fingerprint density at radius 3 is 2.66 bits per heavy atom. The number of benzene rings is 1. The molecule has 1 aromatic rings. The summed E-state index contributed by atoms with van der Waals surface area (Å²) >= 11 is 0. The van der Waals surface area contributed by atoms with Crippen molar-refractivity contribution in [3.05, 3.63) is 35.9 Å². The number of amides is 1. The molecule has 2 saturated heterocycles. The topological polar surface area (TPSA) is 78.4 Å². The molecule has 0 aliphatic carbocycles. The number of likely N-dealkylation sites (tertiary alicyclic amines) is 1. The number of nitrogens with zero attached hydrogens (tertiary/aromatic N) is 3. The van der Waals surface area contributed by atoms with Gasteiger partial charge in [0.05, 0.1) is 25.3 Å². The largest absolute Gasteiger partial charge is 0.444 e. The molecule has 2 N–H and O–H groups in total. The van der Waals surface area contributed by atoms with Gasteiger partial charge in [0.1, 0.15) is 5.60 Å². The Balaban J connectivity index is 0.00000363. The molecule has 0 bridgehead atoms. The van der Waals surface area contributed by atoms with Crippen LogP contribution in [0.25, 0.3) is 0 Å². The lowest BCUT2D eigenvalue weighted by atomic mass is 10.1. The maximum absolute atomic E-state index is 11.8. The number of alkyl carbamates (subject to hydrolysis) is 1. The summed E-state index contributed by atoms with van der Waals surface area (Å²) in [6.45, 7) is 13.7. The lowest BCUT2D eigenvalue weighted by Gasteiger charge is -2.36. The molecule has 8 nitrogen and oxygen atoms in total. The highest BCUT2D eigenvalue weighted by Crippen LogP contribution is 2.24. The van der Waals surface area contributed by atoms with Crippen LogP contribution < -0.4 is 10.6 Å². The van der Waals surface area contributed by atoms with E-state index in [0.717, 1.165) is 45.3 Å². The molecule has 2 heterocycles. The van der Waals surface area contributed by atoms with Gasteiger partial charge in [0, 0.05) is 39.3 Å². The van der Waals surface area contributed by atoms with Gasteiger partial charge in [-0.1, -0.05) is 30.3 Å². The van der Waals surface area contributed by atoms with Crippen LogP contribution in [0.1, 0.15) is 33.3 Å². The first kappa shape index (κ1) is 26.7. The van der Waals surface area contributed by atoms with Crippen LogP contribution in [0, 0.1) is 0 Å². The van der Waals surface area contributed by atoms with E-state index in [-0.39, 0.29) is 30.1 Å². The van der Waals surface area contributed by atoms with Gasteiger partial charge in [-0.2, -0.15) is 0 Å². The van der Waals surface area contributed by atoms with Crippen molar-refractivity contribution in [3.63, 3.8) is 0 Å². The van der Waals surface area contributed by atoms with Crippen molar-refractivity contribution < 1.29 is 14.3 Å². The zero-order valence-corrected chi connectivity index (χ0v) is 22.0. The third kappa shape index (κ3) is 8.08. The molecular weight excluding hydrogens is 521 g/mol. The number of hydrogen-bond donors (Lipinski definition) is 2. The van der Waals surface area contributed by atoms with Crippen LogP contribution in [0.5, 0.6) is 0 Å². The highest BCUT2D eigenvalue weighted by molar-refractivity contribution is 14.0. The van der Waals surface area contributed by atoms with Crippen molar-refractivity contribution in [3.8, 4) is 0 Å². The fourth-order valence-corrected chi connectivity index (χ4v) is 4.01. The molecule has 0 aromatic heterocycles. The van der Waals surface area contributed by atoms with Gasteiger partial charge in [0.2, 0.25) is 0 Å². The van der Waals surface area contributed by atoms with E-state index >= 15 is 0 Å². The maximum atomic E-state index is 11.8. The monoisotopic (exact) mass is 559 g/mol. The molecule has 2 aliphatic rings. The van der Waals surface area contributed by atoms with Crippen molar-refractivity contribution in [2.75, 3.05) is 45.9 Å². The first-order valence-corrected chi connectivity index (χ1v) is 11.3. The number of morpholine rings is 1. The van der Waals surface area contributed by atoms with Crippen LogP contribution >= 0.6 is 24.0 Å². The second-order valence-electron chi connectivity index (χ2n) is 9.00. The molecule has 1 aromatic carbocycles. The first-order chi connectivity index (χ1) is 14.9. The summed E-state index contributed by atoms with van der Waals surface area (Å²) in [5, 5.41) is 6.15. The van der Waals surface area contributed by atoms with Gasteiger partial charge in [-0.15, -0.1) is 24.0 Å². The van der Waals surface area contributed by atoms with Crippen molar-refractivity contribution in [1.29, 1.82) is 0 Å². The molecule has 0 radical (unpaired) electrons. The molecule has 3 rings (SSSR count). The van der Waals surface area contributed by atoms with Crippen LogP contribution in [0.2, 0.25) is 0 Å². The molecule has 32 heavy (non-hydrogen) atoms. The first-order valence-electron chi connectivity index (χ1n) is 11.3. The average molecular weight is 559 g/mol. The molecule has 1 amide bonds. The minimum absolute atomic E-state index is 0. The molecule has 2 fully saturated rings. The number of hydrogen-bond acceptors (Lipinski definition) is 5. The van der Waals surface area contributed by atoms with Gasteiger partial charge in [-0.25, -0.2) is 4.79 Å². The fraction of sp³-hybridized carbons (Fsp3) is 0.652. The molecule has 2 unspecified atom stereocenters. The number of fused-ring (bicyclic) bond motifs is 1. The van der Waals surface area contributed by atoms with Gasteiger partial charge in [0.25, 0.3) is 0 Å². The number of carbonyl (C=O) groups excluding carboxylic acids is 1. The third-order valence-electron chi connectivity index (χ3n) is 5.32. The zero-order valence-electron chi connectivity index (χ0n) is 19.7. The standard InChI is InChI=1S/C23H37N5O3.HI/c1-5-24-21(25-11-12-26-22(29)31-23(2,3)4)28-16-19-20(17-28)30-14-13-27(19)15-18-9-7-6-8-10-18;/h6-10,19-20H,5,11-17H2,1-4H3,(H,24,25)(H,26,29);1H. The van der Waals surface area contributed by atoms with E-state index in [1.165, 1.54) is 5.56 Å². The van der Waals surface area contributed by atoms with E-state index < -0.39 is 11.7 Å². The molecule has 0 saturated carbocycles. The molecule has 180 valence electrons. The second kappa shape index (κ2) is 12.6. The van der Waals surface area contributed by atoms with E-state index in [4.69, 9.17) is 14.5 Å². The highest BCUT2D eigenvalue weighted by Gasteiger charge is 2.41. The Bertz CT molecular complexity index is 741. The smallest absolute Gasteiger partial charge is 0.407 e. The van der Waals surface area contributed by atoms with Crippen molar-refractivity contribution in [1.82, 2.24) is 20.4 Å². The molecule has 9 heteroatoms. The summed E-state index contributed by atoms with van der Waals surface area (Å²) in [7, 11) is 0.